The summed E-state index contributed by atoms with van der Waals surface area (Å²) in [7, 11) is -3.86. The molecule has 3 rings (SSSR count). The molecule has 4 nitrogen and oxygen atoms in total. The summed E-state index contributed by atoms with van der Waals surface area (Å²) >= 11 is 0. The lowest BCUT2D eigenvalue weighted by atomic mass is 10.2. The molecule has 0 unspecified atom stereocenters. The average molecular weight is 352 g/mol. The number of benzene rings is 3. The van der Waals surface area contributed by atoms with E-state index in [1.54, 1.807) is 30.3 Å². The Morgan fingerprint density at radius 1 is 1.00 bits per heavy atom. The zero-order chi connectivity index (χ0) is 17.7. The second-order valence-corrected chi connectivity index (χ2v) is 7.17. The van der Waals surface area contributed by atoms with Gasteiger partial charge in [0.05, 0.1) is 0 Å². The van der Waals surface area contributed by atoms with E-state index in [0.717, 1.165) is 11.1 Å². The highest BCUT2D eigenvalue weighted by molar-refractivity contribution is 7.87. The Morgan fingerprint density at radius 2 is 1.72 bits per heavy atom. The number of hydrogen-bond donors (Lipinski definition) is 1. The van der Waals surface area contributed by atoms with Gasteiger partial charge < -0.3 is 9.50 Å². The first-order valence-electron chi connectivity index (χ1n) is 7.84. The van der Waals surface area contributed by atoms with E-state index >= 15 is 0 Å². The maximum absolute atomic E-state index is 12.4. The average Bonchev–Trinajstić information content (AvgIpc) is 2.61. The summed E-state index contributed by atoms with van der Waals surface area (Å²) in [6.45, 7) is 2.51. The van der Waals surface area contributed by atoms with Gasteiger partial charge in [-0.2, -0.15) is 8.42 Å². The molecule has 3 aromatic rings. The lowest BCUT2D eigenvalue weighted by Crippen LogP contribution is -2.10. The molecule has 1 radical (unpaired) electrons. The maximum Gasteiger partial charge on any atom is 0.339 e. The Morgan fingerprint density at radius 3 is 2.44 bits per heavy atom. The molecule has 0 aliphatic carbocycles. The van der Waals surface area contributed by atoms with Crippen molar-refractivity contribution in [2.75, 3.05) is 5.32 Å². The molecule has 127 valence electrons. The predicted octanol–water partition coefficient (Wildman–Crippen LogP) is 4.18. The van der Waals surface area contributed by atoms with Gasteiger partial charge in [0, 0.05) is 24.4 Å². The van der Waals surface area contributed by atoms with Crippen LogP contribution in [-0.4, -0.2) is 8.42 Å². The Hall–Kier alpha value is -2.79. The fraction of sp³-hybridized carbons (Fsp3) is 0.100. The van der Waals surface area contributed by atoms with Crippen LogP contribution in [-0.2, 0) is 16.7 Å². The second kappa shape index (κ2) is 7.40. The van der Waals surface area contributed by atoms with Gasteiger partial charge in [0.25, 0.3) is 0 Å². The van der Waals surface area contributed by atoms with Crippen molar-refractivity contribution in [3.8, 4) is 5.75 Å². The third kappa shape index (κ3) is 4.61. The fourth-order valence-electron chi connectivity index (χ4n) is 2.27. The first kappa shape index (κ1) is 17.0. The van der Waals surface area contributed by atoms with Crippen LogP contribution in [0.2, 0.25) is 0 Å². The smallest absolute Gasteiger partial charge is 0.339 e. The molecule has 3 aromatic carbocycles. The Bertz CT molecular complexity index is 936. The Balaban J connectivity index is 1.72. The largest absolute Gasteiger partial charge is 0.380 e. The van der Waals surface area contributed by atoms with Crippen LogP contribution in [0.3, 0.4) is 0 Å². The molecule has 0 aromatic heterocycles. The molecule has 1 N–H and O–H groups in total. The SMILES string of the molecule is Cc1ccc(S(=O)(=O)Oc2cc[c]c(NCc3ccccc3)c2)cc1. The minimum atomic E-state index is -3.86. The number of nitrogens with one attached hydrogen (secondary N) is 1. The highest BCUT2D eigenvalue weighted by Crippen LogP contribution is 2.22. The van der Waals surface area contributed by atoms with E-state index in [1.807, 2.05) is 37.3 Å². The first-order chi connectivity index (χ1) is 12.0. The van der Waals surface area contributed by atoms with Crippen LogP contribution in [0.25, 0.3) is 0 Å². The zero-order valence-electron chi connectivity index (χ0n) is 13.8. The van der Waals surface area contributed by atoms with Crippen LogP contribution in [0.1, 0.15) is 11.1 Å². The number of anilines is 1. The van der Waals surface area contributed by atoms with Gasteiger partial charge in [-0.1, -0.05) is 48.0 Å². The van der Waals surface area contributed by atoms with Crippen molar-refractivity contribution in [3.05, 3.63) is 90.0 Å². The van der Waals surface area contributed by atoms with Gasteiger partial charge in [0.15, 0.2) is 0 Å². The summed E-state index contributed by atoms with van der Waals surface area (Å²) in [4.78, 5) is 0.129. The van der Waals surface area contributed by atoms with Crippen LogP contribution in [0.5, 0.6) is 5.75 Å². The number of hydrogen-bond acceptors (Lipinski definition) is 4. The van der Waals surface area contributed by atoms with Crippen molar-refractivity contribution in [2.45, 2.75) is 18.4 Å². The van der Waals surface area contributed by atoms with E-state index in [-0.39, 0.29) is 10.6 Å². The molecule has 25 heavy (non-hydrogen) atoms. The van der Waals surface area contributed by atoms with Crippen molar-refractivity contribution in [1.29, 1.82) is 0 Å². The molecule has 0 saturated heterocycles. The van der Waals surface area contributed by atoms with Gasteiger partial charge in [-0.05, 0) is 36.8 Å². The Kier molecular flexibility index (Phi) is 5.05. The number of aryl methyl sites for hydroxylation is 1. The minimum absolute atomic E-state index is 0.129. The maximum atomic E-state index is 12.4. The molecule has 0 spiro atoms. The van der Waals surface area contributed by atoms with Gasteiger partial charge in [-0.15, -0.1) is 0 Å². The standard InChI is InChI=1S/C20H18NO3S/c1-16-10-12-20(13-11-16)25(22,23)24-19-9-5-8-18(14-19)21-15-17-6-3-2-4-7-17/h2-7,9-14,21H,15H2,1H3. The highest BCUT2D eigenvalue weighted by Gasteiger charge is 2.16. The molecule has 0 bridgehead atoms. The molecule has 0 saturated carbocycles. The van der Waals surface area contributed by atoms with Crippen molar-refractivity contribution in [2.24, 2.45) is 0 Å². The molecule has 0 amide bonds. The first-order valence-corrected chi connectivity index (χ1v) is 9.24. The molecular formula is C20H18NO3S. The van der Waals surface area contributed by atoms with Gasteiger partial charge in [0.1, 0.15) is 10.6 Å². The fourth-order valence-corrected chi connectivity index (χ4v) is 3.20. The van der Waals surface area contributed by atoms with Crippen molar-refractivity contribution < 1.29 is 12.6 Å². The third-order valence-corrected chi connectivity index (χ3v) is 4.88. The quantitative estimate of drug-likeness (QED) is 0.676. The zero-order valence-corrected chi connectivity index (χ0v) is 14.6. The molecule has 0 atom stereocenters. The molecule has 0 fully saturated rings. The Labute approximate surface area is 148 Å². The van der Waals surface area contributed by atoms with Crippen LogP contribution in [0, 0.1) is 13.0 Å². The lowest BCUT2D eigenvalue weighted by molar-refractivity contribution is 0.486. The number of rotatable bonds is 6. The molecular weight excluding hydrogens is 334 g/mol. The highest BCUT2D eigenvalue weighted by atomic mass is 32.2. The monoisotopic (exact) mass is 352 g/mol. The van der Waals surface area contributed by atoms with E-state index in [1.165, 1.54) is 12.1 Å². The summed E-state index contributed by atoms with van der Waals surface area (Å²) in [5.74, 6) is 0.245. The molecule has 0 heterocycles. The topological polar surface area (TPSA) is 55.4 Å². The normalized spacial score (nSPS) is 11.1. The van der Waals surface area contributed by atoms with Crippen molar-refractivity contribution >= 4 is 15.8 Å². The van der Waals surface area contributed by atoms with E-state index < -0.39 is 10.1 Å². The van der Waals surface area contributed by atoms with Crippen LogP contribution in [0.4, 0.5) is 5.69 Å². The third-order valence-electron chi connectivity index (χ3n) is 3.61. The van der Waals surface area contributed by atoms with Crippen LogP contribution < -0.4 is 9.50 Å². The van der Waals surface area contributed by atoms with Gasteiger partial charge >= 0.3 is 10.1 Å². The molecule has 0 aliphatic heterocycles. The van der Waals surface area contributed by atoms with Crippen LogP contribution >= 0.6 is 0 Å². The van der Waals surface area contributed by atoms with E-state index in [2.05, 4.69) is 11.4 Å². The molecule has 0 aliphatic rings. The lowest BCUT2D eigenvalue weighted by Gasteiger charge is -2.10. The summed E-state index contributed by atoms with van der Waals surface area (Å²) in [6, 6.07) is 24.3. The van der Waals surface area contributed by atoms with E-state index in [4.69, 9.17) is 4.18 Å². The summed E-state index contributed by atoms with van der Waals surface area (Å²) in [5.41, 5.74) is 2.77. The molecule has 5 heteroatoms. The van der Waals surface area contributed by atoms with Crippen LogP contribution in [0.15, 0.2) is 77.7 Å². The van der Waals surface area contributed by atoms with E-state index in [0.29, 0.717) is 12.2 Å². The van der Waals surface area contributed by atoms with Crippen molar-refractivity contribution in [3.63, 3.8) is 0 Å². The predicted molar refractivity (Wildman–Crippen MR) is 98.0 cm³/mol. The second-order valence-electron chi connectivity index (χ2n) is 5.63. The van der Waals surface area contributed by atoms with Crippen molar-refractivity contribution in [1.82, 2.24) is 0 Å². The van der Waals surface area contributed by atoms with Gasteiger partial charge in [-0.25, -0.2) is 0 Å². The van der Waals surface area contributed by atoms with E-state index in [9.17, 15) is 8.42 Å². The summed E-state index contributed by atoms with van der Waals surface area (Å²) in [6.07, 6.45) is 0. The summed E-state index contributed by atoms with van der Waals surface area (Å²) in [5, 5.41) is 3.20. The van der Waals surface area contributed by atoms with Gasteiger partial charge in [-0.3, -0.25) is 0 Å². The van der Waals surface area contributed by atoms with Gasteiger partial charge in [0.2, 0.25) is 0 Å². The minimum Gasteiger partial charge on any atom is -0.380 e. The summed E-state index contributed by atoms with van der Waals surface area (Å²) < 4.78 is 29.9.